The average Bonchev–Trinajstić information content (AvgIpc) is 2.66. The van der Waals surface area contributed by atoms with Crippen LogP contribution in [0.15, 0.2) is 48.8 Å². The van der Waals surface area contributed by atoms with Gasteiger partial charge in [-0.1, -0.05) is 11.6 Å². The van der Waals surface area contributed by atoms with Gasteiger partial charge in [-0.25, -0.2) is 9.78 Å². The van der Waals surface area contributed by atoms with Crippen LogP contribution in [0.3, 0.4) is 0 Å². The van der Waals surface area contributed by atoms with Crippen LogP contribution in [0, 0.1) is 11.3 Å². The first-order chi connectivity index (χ1) is 12.2. The van der Waals surface area contributed by atoms with Gasteiger partial charge in [-0.2, -0.15) is 5.26 Å². The Balaban J connectivity index is 1.62. The highest BCUT2D eigenvalue weighted by Gasteiger charge is 2.14. The number of hydrogen-bond acceptors (Lipinski definition) is 6. The molecule has 0 saturated carbocycles. The van der Waals surface area contributed by atoms with E-state index in [2.05, 4.69) is 15.3 Å². The summed E-state index contributed by atoms with van der Waals surface area (Å²) in [5.41, 5.74) is 1.43. The van der Waals surface area contributed by atoms with E-state index >= 15 is 0 Å². The van der Waals surface area contributed by atoms with Crippen molar-refractivity contribution in [2.24, 2.45) is 0 Å². The van der Waals surface area contributed by atoms with Gasteiger partial charge in [-0.15, -0.1) is 0 Å². The average molecular weight is 353 g/mol. The lowest BCUT2D eigenvalue weighted by molar-refractivity contribution is 0.0521. The van der Waals surface area contributed by atoms with Crippen molar-refractivity contribution in [2.75, 3.05) is 18.5 Å². The molecule has 6 nitrogen and oxygen atoms in total. The molecule has 0 radical (unpaired) electrons. The Morgan fingerprint density at radius 3 is 2.84 bits per heavy atom. The number of nitrogens with one attached hydrogen (secondary N) is 1. The summed E-state index contributed by atoms with van der Waals surface area (Å²) in [6, 6.07) is 12.3. The number of esters is 1. The molecule has 1 aromatic carbocycles. The van der Waals surface area contributed by atoms with Crippen molar-refractivity contribution in [1.82, 2.24) is 9.97 Å². The molecule has 3 rings (SSSR count). The van der Waals surface area contributed by atoms with Gasteiger partial charge in [0.15, 0.2) is 0 Å². The number of aromatic nitrogens is 2. The second-order valence-electron chi connectivity index (χ2n) is 5.07. The predicted octanol–water partition coefficient (Wildman–Crippen LogP) is 3.42. The van der Waals surface area contributed by atoms with Gasteiger partial charge in [0.1, 0.15) is 18.5 Å². The van der Waals surface area contributed by atoms with E-state index in [1.54, 1.807) is 48.8 Å². The molecular weight excluding hydrogens is 340 g/mol. The second-order valence-corrected chi connectivity index (χ2v) is 5.45. The van der Waals surface area contributed by atoms with Crippen LogP contribution in [0.1, 0.15) is 15.9 Å². The predicted molar refractivity (Wildman–Crippen MR) is 94.5 cm³/mol. The largest absolute Gasteiger partial charge is 0.460 e. The van der Waals surface area contributed by atoms with Crippen molar-refractivity contribution in [3.05, 3.63) is 64.9 Å². The topological polar surface area (TPSA) is 87.9 Å². The molecule has 7 heteroatoms. The molecule has 0 aliphatic carbocycles. The number of nitrogens with zero attached hydrogens (tertiary/aromatic N) is 3. The summed E-state index contributed by atoms with van der Waals surface area (Å²) in [7, 11) is 0. The lowest BCUT2D eigenvalue weighted by Gasteiger charge is -2.09. The standard InChI is InChI=1S/C18H13ClN4O2/c19-16-13-4-2-7-21-15(13)6-5-14(16)18(24)25-10-9-23-17-12(11-20)3-1-8-22-17/h1-8H,9-10H2,(H,22,23). The Bertz CT molecular complexity index is 969. The number of anilines is 1. The van der Waals surface area contributed by atoms with Gasteiger partial charge < -0.3 is 10.1 Å². The van der Waals surface area contributed by atoms with Crippen LogP contribution in [0.5, 0.6) is 0 Å². The quantitative estimate of drug-likeness (QED) is 0.559. The summed E-state index contributed by atoms with van der Waals surface area (Å²) in [5.74, 6) is -0.0602. The molecule has 0 atom stereocenters. The first-order valence-corrected chi connectivity index (χ1v) is 7.88. The maximum atomic E-state index is 12.2. The van der Waals surface area contributed by atoms with E-state index in [4.69, 9.17) is 21.6 Å². The Hall–Kier alpha value is -3.17. The van der Waals surface area contributed by atoms with Crippen LogP contribution >= 0.6 is 11.6 Å². The number of ether oxygens (including phenoxy) is 1. The number of hydrogen-bond donors (Lipinski definition) is 1. The summed E-state index contributed by atoms with van der Waals surface area (Å²) < 4.78 is 5.24. The zero-order valence-corrected chi connectivity index (χ0v) is 13.8. The van der Waals surface area contributed by atoms with Gasteiger partial charge in [0.05, 0.1) is 28.2 Å². The van der Waals surface area contributed by atoms with Crippen LogP contribution < -0.4 is 5.32 Å². The normalized spacial score (nSPS) is 10.2. The van der Waals surface area contributed by atoms with Crippen molar-refractivity contribution in [3.8, 4) is 6.07 Å². The molecule has 2 heterocycles. The molecule has 0 spiro atoms. The zero-order valence-electron chi connectivity index (χ0n) is 13.1. The number of rotatable bonds is 5. The van der Waals surface area contributed by atoms with Gasteiger partial charge in [0, 0.05) is 17.8 Å². The fraction of sp³-hybridized carbons (Fsp3) is 0.111. The van der Waals surface area contributed by atoms with E-state index in [1.165, 1.54) is 0 Å². The van der Waals surface area contributed by atoms with E-state index in [0.29, 0.717) is 33.9 Å². The Kier molecular flexibility index (Phi) is 5.07. The van der Waals surface area contributed by atoms with Gasteiger partial charge in [-0.05, 0) is 36.4 Å². The second kappa shape index (κ2) is 7.60. The lowest BCUT2D eigenvalue weighted by atomic mass is 10.1. The molecule has 0 fully saturated rings. The molecule has 0 amide bonds. The fourth-order valence-electron chi connectivity index (χ4n) is 2.30. The van der Waals surface area contributed by atoms with Crippen LogP contribution in [0.2, 0.25) is 5.02 Å². The van der Waals surface area contributed by atoms with Crippen LogP contribution in [0.4, 0.5) is 5.82 Å². The van der Waals surface area contributed by atoms with Crippen molar-refractivity contribution in [1.29, 1.82) is 5.26 Å². The van der Waals surface area contributed by atoms with E-state index in [9.17, 15) is 4.79 Å². The molecule has 0 aliphatic rings. The summed E-state index contributed by atoms with van der Waals surface area (Å²) in [6.07, 6.45) is 3.24. The highest BCUT2D eigenvalue weighted by molar-refractivity contribution is 6.38. The molecule has 124 valence electrons. The van der Waals surface area contributed by atoms with Crippen molar-refractivity contribution >= 4 is 34.3 Å². The maximum absolute atomic E-state index is 12.2. The molecule has 0 aliphatic heterocycles. The molecule has 1 N–H and O–H groups in total. The Morgan fingerprint density at radius 1 is 1.20 bits per heavy atom. The third-order valence-corrected chi connectivity index (χ3v) is 3.90. The number of fused-ring (bicyclic) bond motifs is 1. The first-order valence-electron chi connectivity index (χ1n) is 7.50. The van der Waals surface area contributed by atoms with Crippen molar-refractivity contribution in [3.63, 3.8) is 0 Å². The van der Waals surface area contributed by atoms with Crippen molar-refractivity contribution < 1.29 is 9.53 Å². The van der Waals surface area contributed by atoms with Crippen molar-refractivity contribution in [2.45, 2.75) is 0 Å². The molecular formula is C18H13ClN4O2. The summed E-state index contributed by atoms with van der Waals surface area (Å²) in [5, 5.41) is 13.0. The third kappa shape index (κ3) is 3.67. The minimum atomic E-state index is -0.515. The summed E-state index contributed by atoms with van der Waals surface area (Å²) in [4.78, 5) is 20.5. The van der Waals surface area contributed by atoms with E-state index in [1.807, 2.05) is 6.07 Å². The third-order valence-electron chi connectivity index (χ3n) is 3.50. The summed E-state index contributed by atoms with van der Waals surface area (Å²) in [6.45, 7) is 0.436. The number of carbonyl (C=O) groups is 1. The Morgan fingerprint density at radius 2 is 2.00 bits per heavy atom. The van der Waals surface area contributed by atoms with Gasteiger partial charge in [0.25, 0.3) is 0 Å². The van der Waals surface area contributed by atoms with E-state index < -0.39 is 5.97 Å². The number of carbonyl (C=O) groups excluding carboxylic acids is 1. The number of pyridine rings is 2. The van der Waals surface area contributed by atoms with Crippen LogP contribution in [-0.2, 0) is 4.74 Å². The molecule has 3 aromatic rings. The molecule has 0 bridgehead atoms. The van der Waals surface area contributed by atoms with Gasteiger partial charge >= 0.3 is 5.97 Å². The number of halogens is 1. The summed E-state index contributed by atoms with van der Waals surface area (Å²) >= 11 is 6.28. The molecule has 0 saturated heterocycles. The monoisotopic (exact) mass is 352 g/mol. The molecule has 25 heavy (non-hydrogen) atoms. The fourth-order valence-corrected chi connectivity index (χ4v) is 2.60. The number of benzene rings is 1. The van der Waals surface area contributed by atoms with Crippen LogP contribution in [0.25, 0.3) is 10.9 Å². The highest BCUT2D eigenvalue weighted by Crippen LogP contribution is 2.26. The highest BCUT2D eigenvalue weighted by atomic mass is 35.5. The van der Waals surface area contributed by atoms with Gasteiger partial charge in [0.2, 0.25) is 0 Å². The SMILES string of the molecule is N#Cc1cccnc1NCCOC(=O)c1ccc2ncccc2c1Cl. The van der Waals surface area contributed by atoms with E-state index in [-0.39, 0.29) is 12.2 Å². The van der Waals surface area contributed by atoms with Gasteiger partial charge in [-0.3, -0.25) is 4.98 Å². The Labute approximate surface area is 149 Å². The zero-order chi connectivity index (χ0) is 17.6. The minimum Gasteiger partial charge on any atom is -0.460 e. The molecule has 2 aromatic heterocycles. The maximum Gasteiger partial charge on any atom is 0.339 e. The van der Waals surface area contributed by atoms with Crippen LogP contribution in [-0.4, -0.2) is 29.1 Å². The smallest absolute Gasteiger partial charge is 0.339 e. The molecule has 0 unspecified atom stereocenters. The lowest BCUT2D eigenvalue weighted by Crippen LogP contribution is -2.15. The minimum absolute atomic E-state index is 0.113. The first kappa shape index (κ1) is 16.7. The number of nitriles is 1. The van der Waals surface area contributed by atoms with E-state index in [0.717, 1.165) is 0 Å².